The molecule has 8 heteroatoms. The van der Waals surface area contributed by atoms with Crippen LogP contribution in [-0.4, -0.2) is 42.0 Å². The van der Waals surface area contributed by atoms with Crippen LogP contribution in [0.1, 0.15) is 48.4 Å². The van der Waals surface area contributed by atoms with Gasteiger partial charge in [-0.1, -0.05) is 0 Å². The average Bonchev–Trinajstić information content (AvgIpc) is 3.13. The number of hydrogen-bond donors (Lipinski definition) is 3. The van der Waals surface area contributed by atoms with Crippen LogP contribution in [0, 0.1) is 0 Å². The molecule has 0 fully saturated rings. The molecule has 0 bridgehead atoms. The van der Waals surface area contributed by atoms with E-state index in [-0.39, 0.29) is 23.8 Å². The summed E-state index contributed by atoms with van der Waals surface area (Å²) in [7, 11) is 0. The molecule has 2 aromatic rings. The van der Waals surface area contributed by atoms with Gasteiger partial charge in [-0.3, -0.25) is 10.1 Å². The van der Waals surface area contributed by atoms with Crippen molar-refractivity contribution in [3.63, 3.8) is 0 Å². The van der Waals surface area contributed by atoms with Crippen molar-refractivity contribution in [2.45, 2.75) is 39.5 Å². The summed E-state index contributed by atoms with van der Waals surface area (Å²) in [4.78, 5) is 24.9. The number of aliphatic hydroxyl groups excluding tert-OH is 1. The summed E-state index contributed by atoms with van der Waals surface area (Å²) in [6.07, 6.45) is -0.546. The van der Waals surface area contributed by atoms with E-state index in [4.69, 9.17) is 9.47 Å². The molecule has 1 aromatic carbocycles. The van der Waals surface area contributed by atoms with Crippen molar-refractivity contribution in [2.75, 3.05) is 18.5 Å². The largest absolute Gasteiger partial charge is 0.472 e. The third-order valence-corrected chi connectivity index (χ3v) is 4.39. The fraction of sp³-hybridized carbons (Fsp3) is 0.400. The number of anilines is 1. The van der Waals surface area contributed by atoms with Gasteiger partial charge in [-0.2, -0.15) is 11.3 Å². The lowest BCUT2D eigenvalue weighted by Gasteiger charge is -2.29. The number of carbonyl (C=O) groups is 2. The molecule has 28 heavy (non-hydrogen) atoms. The van der Waals surface area contributed by atoms with Crippen LogP contribution in [0.3, 0.4) is 0 Å². The number of thiophene rings is 1. The summed E-state index contributed by atoms with van der Waals surface area (Å²) in [6.45, 7) is 7.45. The summed E-state index contributed by atoms with van der Waals surface area (Å²) in [5.74, 6) is -0.621. The Morgan fingerprint density at radius 3 is 2.64 bits per heavy atom. The van der Waals surface area contributed by atoms with Gasteiger partial charge < -0.3 is 19.9 Å². The number of esters is 1. The molecule has 1 amide bonds. The second-order valence-corrected chi connectivity index (χ2v) is 7.52. The lowest BCUT2D eigenvalue weighted by Crippen LogP contribution is -2.47. The maximum absolute atomic E-state index is 12.5. The highest BCUT2D eigenvalue weighted by Gasteiger charge is 2.24. The van der Waals surface area contributed by atoms with Gasteiger partial charge >= 0.3 is 5.97 Å². The molecular formula is C20H26N2O5S. The van der Waals surface area contributed by atoms with Gasteiger partial charge in [0.05, 0.1) is 18.4 Å². The number of ether oxygens (including phenoxy) is 2. The van der Waals surface area contributed by atoms with Crippen molar-refractivity contribution in [3.8, 4) is 5.75 Å². The zero-order chi connectivity index (χ0) is 20.7. The van der Waals surface area contributed by atoms with Crippen molar-refractivity contribution in [3.05, 3.63) is 46.2 Å². The highest BCUT2D eigenvalue weighted by Crippen LogP contribution is 2.25. The molecule has 0 spiro atoms. The predicted octanol–water partition coefficient (Wildman–Crippen LogP) is 3.26. The smallest absolute Gasteiger partial charge is 0.341 e. The van der Waals surface area contributed by atoms with Crippen molar-refractivity contribution >= 4 is 28.9 Å². The summed E-state index contributed by atoms with van der Waals surface area (Å²) >= 11 is 1.47. The molecule has 0 radical (unpaired) electrons. The minimum absolute atomic E-state index is 0.159. The van der Waals surface area contributed by atoms with E-state index in [0.29, 0.717) is 17.8 Å². The van der Waals surface area contributed by atoms with E-state index < -0.39 is 17.8 Å². The normalized spacial score (nSPS) is 12.3. The zero-order valence-electron chi connectivity index (χ0n) is 16.4. The zero-order valence-corrected chi connectivity index (χ0v) is 17.3. The maximum Gasteiger partial charge on any atom is 0.341 e. The molecular weight excluding hydrogens is 380 g/mol. The molecule has 1 atom stereocenters. The molecule has 0 saturated heterocycles. The quantitative estimate of drug-likeness (QED) is 0.437. The Balaban J connectivity index is 2.26. The van der Waals surface area contributed by atoms with Crippen LogP contribution in [0.25, 0.3) is 0 Å². The van der Waals surface area contributed by atoms with E-state index >= 15 is 0 Å². The van der Waals surface area contributed by atoms with Crippen LogP contribution in [-0.2, 0) is 4.74 Å². The van der Waals surface area contributed by atoms with Crippen LogP contribution in [0.4, 0.5) is 5.69 Å². The van der Waals surface area contributed by atoms with Crippen LogP contribution >= 0.6 is 11.3 Å². The highest BCUT2D eigenvalue weighted by molar-refractivity contribution is 7.08. The van der Waals surface area contributed by atoms with Crippen molar-refractivity contribution in [1.29, 1.82) is 0 Å². The molecule has 1 unspecified atom stereocenters. The Morgan fingerprint density at radius 2 is 2.04 bits per heavy atom. The Kier molecular flexibility index (Phi) is 7.56. The molecule has 1 heterocycles. The van der Waals surface area contributed by atoms with Crippen molar-refractivity contribution < 1.29 is 24.2 Å². The van der Waals surface area contributed by atoms with E-state index in [0.717, 1.165) is 0 Å². The van der Waals surface area contributed by atoms with Crippen molar-refractivity contribution in [1.82, 2.24) is 5.32 Å². The summed E-state index contributed by atoms with van der Waals surface area (Å²) < 4.78 is 11.1. The molecule has 152 valence electrons. The van der Waals surface area contributed by atoms with Gasteiger partial charge in [-0.15, -0.1) is 0 Å². The molecule has 7 nitrogen and oxygen atoms in total. The lowest BCUT2D eigenvalue weighted by molar-refractivity contribution is 0.0444. The van der Waals surface area contributed by atoms with Crippen LogP contribution < -0.4 is 15.4 Å². The van der Waals surface area contributed by atoms with Crippen molar-refractivity contribution in [2.24, 2.45) is 0 Å². The van der Waals surface area contributed by atoms with Gasteiger partial charge in [0, 0.05) is 17.5 Å². The minimum atomic E-state index is -0.849. The topological polar surface area (TPSA) is 96.9 Å². The Labute approximate surface area is 168 Å². The Hall–Kier alpha value is -2.42. The van der Waals surface area contributed by atoms with Gasteiger partial charge in [0.15, 0.2) is 5.72 Å². The first-order chi connectivity index (χ1) is 13.2. The predicted molar refractivity (Wildman–Crippen MR) is 109 cm³/mol. The van der Waals surface area contributed by atoms with Crippen LogP contribution in [0.5, 0.6) is 5.75 Å². The standard InChI is InChI=1S/C20H26N2O5S/c1-5-26-19(25)16-10-14(18(24)22-15-8-9-28-12-15)6-7-17(16)27-20(3,4)21-11-13(2)23/h6-10,12-13,21,23H,5,11H2,1-4H3,(H,22,24). The number of aliphatic hydroxyl groups is 1. The second kappa shape index (κ2) is 9.68. The fourth-order valence-corrected chi connectivity index (χ4v) is 2.96. The summed E-state index contributed by atoms with van der Waals surface area (Å²) in [5.41, 5.74) is 0.318. The first-order valence-electron chi connectivity index (χ1n) is 8.98. The number of benzene rings is 1. The van der Waals surface area contributed by atoms with E-state index in [1.54, 1.807) is 45.9 Å². The van der Waals surface area contributed by atoms with E-state index in [1.165, 1.54) is 17.4 Å². The number of nitrogens with one attached hydrogen (secondary N) is 2. The summed E-state index contributed by atoms with van der Waals surface area (Å²) in [6, 6.07) is 6.41. The van der Waals surface area contributed by atoms with E-state index in [9.17, 15) is 14.7 Å². The minimum Gasteiger partial charge on any atom is -0.472 e. The maximum atomic E-state index is 12.5. The van der Waals surface area contributed by atoms with Gasteiger partial charge in [0.2, 0.25) is 0 Å². The van der Waals surface area contributed by atoms with E-state index in [1.807, 2.05) is 10.8 Å². The molecule has 0 aliphatic rings. The average molecular weight is 407 g/mol. The number of amides is 1. The van der Waals surface area contributed by atoms with E-state index in [2.05, 4.69) is 10.6 Å². The number of carbonyl (C=O) groups excluding carboxylic acids is 2. The molecule has 2 rings (SSSR count). The molecule has 1 aromatic heterocycles. The van der Waals surface area contributed by atoms with Gasteiger partial charge in [-0.05, 0) is 57.3 Å². The second-order valence-electron chi connectivity index (χ2n) is 6.74. The van der Waals surface area contributed by atoms with Gasteiger partial charge in [0.25, 0.3) is 5.91 Å². The molecule has 3 N–H and O–H groups in total. The van der Waals surface area contributed by atoms with Gasteiger partial charge in [0.1, 0.15) is 11.3 Å². The Morgan fingerprint density at radius 1 is 1.29 bits per heavy atom. The fourth-order valence-electron chi connectivity index (χ4n) is 2.37. The molecule has 0 aliphatic heterocycles. The first kappa shape index (κ1) is 21.9. The van der Waals surface area contributed by atoms with Crippen LogP contribution in [0.15, 0.2) is 35.0 Å². The van der Waals surface area contributed by atoms with Crippen LogP contribution in [0.2, 0.25) is 0 Å². The molecule has 0 saturated carbocycles. The third kappa shape index (κ3) is 6.33. The monoisotopic (exact) mass is 406 g/mol. The summed E-state index contributed by atoms with van der Waals surface area (Å²) in [5, 5.41) is 19.0. The first-order valence-corrected chi connectivity index (χ1v) is 9.93. The third-order valence-electron chi connectivity index (χ3n) is 3.70. The number of hydrogen-bond acceptors (Lipinski definition) is 7. The Bertz CT molecular complexity index is 803. The lowest BCUT2D eigenvalue weighted by atomic mass is 10.1. The SMILES string of the molecule is CCOC(=O)c1cc(C(=O)Nc2ccsc2)ccc1OC(C)(C)NCC(C)O. The number of rotatable bonds is 9. The highest BCUT2D eigenvalue weighted by atomic mass is 32.1. The van der Waals surface area contributed by atoms with Gasteiger partial charge in [-0.25, -0.2) is 4.79 Å². The molecule has 0 aliphatic carbocycles.